The van der Waals surface area contributed by atoms with Crippen molar-refractivity contribution >= 4 is 27.8 Å². The Kier molecular flexibility index (Phi) is 6.24. The van der Waals surface area contributed by atoms with Crippen LogP contribution >= 0.6 is 0 Å². The number of anilines is 1. The third-order valence-corrected chi connectivity index (χ3v) is 6.72. The number of carboxylic acid groups (broad SMARTS) is 1. The zero-order valence-corrected chi connectivity index (χ0v) is 18.6. The Hall–Kier alpha value is -3.59. The first kappa shape index (κ1) is 22.6. The fourth-order valence-corrected chi connectivity index (χ4v) is 4.95. The van der Waals surface area contributed by atoms with Crippen LogP contribution in [-0.2, 0) is 16.6 Å². The summed E-state index contributed by atoms with van der Waals surface area (Å²) in [5, 5.41) is 9.85. The van der Waals surface area contributed by atoms with Gasteiger partial charge in [-0.15, -0.1) is 0 Å². The third kappa shape index (κ3) is 4.49. The number of carbonyl (C=O) groups is 1. The van der Waals surface area contributed by atoms with E-state index in [0.717, 1.165) is 37.5 Å². The fourth-order valence-electron chi connectivity index (χ4n) is 3.70. The van der Waals surface area contributed by atoms with E-state index in [2.05, 4.69) is 4.72 Å². The highest BCUT2D eigenvalue weighted by Crippen LogP contribution is 2.43. The maximum absolute atomic E-state index is 13.8. The first-order valence-corrected chi connectivity index (χ1v) is 11.9. The van der Waals surface area contributed by atoms with Gasteiger partial charge in [0.15, 0.2) is 0 Å². The summed E-state index contributed by atoms with van der Waals surface area (Å²) in [7, 11) is -4.24. The standard InChI is InChI=1S/C24H22FNO6S/c1-2-3-4-5-6-15-13-16(25)7-10-21(15)33(29,30)26-19-9-8-18-17-11-12-31-20(17)14-32-23(18)22(19)24(27)28/h5-13,26H,2-4,14H2,1H3,(H,27,28)/b6-5-. The molecule has 2 N–H and O–H groups in total. The molecular formula is C24H22FNO6S. The largest absolute Gasteiger partial charge is 0.484 e. The van der Waals surface area contributed by atoms with Crippen molar-refractivity contribution in [2.24, 2.45) is 0 Å². The molecule has 4 rings (SSSR count). The van der Waals surface area contributed by atoms with Crippen LogP contribution in [0.3, 0.4) is 0 Å². The lowest BCUT2D eigenvalue weighted by atomic mass is 9.98. The highest BCUT2D eigenvalue weighted by atomic mass is 32.2. The maximum Gasteiger partial charge on any atom is 0.341 e. The van der Waals surface area contributed by atoms with Gasteiger partial charge in [0.05, 0.1) is 16.8 Å². The normalized spacial score (nSPS) is 12.8. The number of nitrogens with one attached hydrogen (secondary N) is 1. The second kappa shape index (κ2) is 9.11. The Morgan fingerprint density at radius 3 is 2.79 bits per heavy atom. The molecule has 0 atom stereocenters. The minimum absolute atomic E-state index is 0.0243. The summed E-state index contributed by atoms with van der Waals surface area (Å²) in [4.78, 5) is 11.9. The molecule has 0 bridgehead atoms. The maximum atomic E-state index is 13.8. The molecule has 0 saturated carbocycles. The van der Waals surface area contributed by atoms with Gasteiger partial charge in [-0.1, -0.05) is 31.9 Å². The summed E-state index contributed by atoms with van der Waals surface area (Å²) >= 11 is 0. The van der Waals surface area contributed by atoms with Crippen LogP contribution in [0, 0.1) is 5.82 Å². The van der Waals surface area contributed by atoms with Gasteiger partial charge < -0.3 is 14.3 Å². The number of halogens is 1. The number of unbranched alkanes of at least 4 members (excludes halogenated alkanes) is 2. The van der Waals surface area contributed by atoms with Crippen molar-refractivity contribution in [3.8, 4) is 16.9 Å². The zero-order chi connectivity index (χ0) is 23.6. The summed E-state index contributed by atoms with van der Waals surface area (Å²) in [6, 6.07) is 7.97. The van der Waals surface area contributed by atoms with Crippen molar-refractivity contribution in [2.75, 3.05) is 4.72 Å². The van der Waals surface area contributed by atoms with Gasteiger partial charge in [-0.05, 0) is 48.4 Å². The van der Waals surface area contributed by atoms with E-state index in [1.165, 1.54) is 12.3 Å². The summed E-state index contributed by atoms with van der Waals surface area (Å²) in [5.41, 5.74) is 0.883. The lowest BCUT2D eigenvalue weighted by Gasteiger charge is -2.21. The van der Waals surface area contributed by atoms with E-state index < -0.39 is 21.8 Å². The first-order valence-electron chi connectivity index (χ1n) is 10.4. The molecule has 0 aliphatic carbocycles. The summed E-state index contributed by atoms with van der Waals surface area (Å²) in [5.74, 6) is -1.32. The Bertz CT molecular complexity index is 1340. The number of carboxylic acids is 1. The smallest absolute Gasteiger partial charge is 0.341 e. The predicted octanol–water partition coefficient (Wildman–Crippen LogP) is 5.68. The van der Waals surface area contributed by atoms with Crippen molar-refractivity contribution in [2.45, 2.75) is 37.7 Å². The van der Waals surface area contributed by atoms with Gasteiger partial charge in [-0.25, -0.2) is 17.6 Å². The molecule has 3 aromatic rings. The lowest BCUT2D eigenvalue weighted by Crippen LogP contribution is -2.18. The Morgan fingerprint density at radius 2 is 2.03 bits per heavy atom. The molecule has 2 heterocycles. The average Bonchev–Trinajstić information content (AvgIpc) is 3.25. The topological polar surface area (TPSA) is 106 Å². The molecule has 0 spiro atoms. The van der Waals surface area contributed by atoms with E-state index in [1.807, 2.05) is 6.92 Å². The second-order valence-corrected chi connectivity index (χ2v) is 9.20. The monoisotopic (exact) mass is 471 g/mol. The fraction of sp³-hybridized carbons (Fsp3) is 0.208. The average molecular weight is 472 g/mol. The number of hydrogen-bond donors (Lipinski definition) is 2. The molecule has 7 nitrogen and oxygen atoms in total. The van der Waals surface area contributed by atoms with E-state index in [9.17, 15) is 22.7 Å². The molecule has 33 heavy (non-hydrogen) atoms. The third-order valence-electron chi connectivity index (χ3n) is 5.28. The molecule has 2 aromatic carbocycles. The van der Waals surface area contributed by atoms with Crippen molar-refractivity contribution in [3.63, 3.8) is 0 Å². The number of furan rings is 1. The number of allylic oxidation sites excluding steroid dienone is 1. The van der Waals surface area contributed by atoms with Gasteiger partial charge in [0.25, 0.3) is 10.0 Å². The Labute approximate surface area is 190 Å². The zero-order valence-electron chi connectivity index (χ0n) is 17.8. The van der Waals surface area contributed by atoms with Gasteiger partial charge in [0.2, 0.25) is 0 Å². The number of ether oxygens (including phenoxy) is 1. The molecule has 0 radical (unpaired) electrons. The van der Waals surface area contributed by atoms with Gasteiger partial charge >= 0.3 is 5.97 Å². The summed E-state index contributed by atoms with van der Waals surface area (Å²) in [6.07, 6.45) is 7.43. The van der Waals surface area contributed by atoms with E-state index in [-0.39, 0.29) is 34.1 Å². The predicted molar refractivity (Wildman–Crippen MR) is 121 cm³/mol. The van der Waals surface area contributed by atoms with Crippen LogP contribution in [0.2, 0.25) is 0 Å². The molecule has 9 heteroatoms. The van der Waals surface area contributed by atoms with Crippen molar-refractivity contribution in [1.82, 2.24) is 0 Å². The van der Waals surface area contributed by atoms with Crippen LogP contribution in [-0.4, -0.2) is 19.5 Å². The van der Waals surface area contributed by atoms with Crippen molar-refractivity contribution < 1.29 is 31.9 Å². The minimum atomic E-state index is -4.24. The molecule has 1 aliphatic heterocycles. The van der Waals surface area contributed by atoms with E-state index in [4.69, 9.17) is 9.15 Å². The molecule has 0 unspecified atom stereocenters. The van der Waals surface area contributed by atoms with E-state index >= 15 is 0 Å². The van der Waals surface area contributed by atoms with E-state index in [1.54, 1.807) is 24.3 Å². The highest BCUT2D eigenvalue weighted by molar-refractivity contribution is 7.92. The number of sulfonamides is 1. The van der Waals surface area contributed by atoms with Gasteiger partial charge in [0.1, 0.15) is 29.5 Å². The van der Waals surface area contributed by atoms with Gasteiger partial charge in [0, 0.05) is 11.1 Å². The van der Waals surface area contributed by atoms with Crippen LogP contribution in [0.1, 0.15) is 47.9 Å². The summed E-state index contributed by atoms with van der Waals surface area (Å²) in [6.45, 7) is 2.06. The van der Waals surface area contributed by atoms with Crippen molar-refractivity contribution in [3.05, 3.63) is 71.4 Å². The number of fused-ring (bicyclic) bond motifs is 3. The molecule has 172 valence electrons. The quantitative estimate of drug-likeness (QED) is 0.410. The molecular weight excluding hydrogens is 449 g/mol. The van der Waals surface area contributed by atoms with Crippen LogP contribution in [0.15, 0.2) is 58.1 Å². The van der Waals surface area contributed by atoms with Gasteiger partial charge in [-0.3, -0.25) is 4.72 Å². The molecule has 0 amide bonds. The number of hydrogen-bond acceptors (Lipinski definition) is 5. The number of aromatic carboxylic acids is 1. The van der Waals surface area contributed by atoms with Crippen LogP contribution in [0.25, 0.3) is 17.2 Å². The molecule has 0 fully saturated rings. The molecule has 1 aromatic heterocycles. The first-order chi connectivity index (χ1) is 15.8. The Balaban J connectivity index is 1.74. The molecule has 0 saturated heterocycles. The molecule has 1 aliphatic rings. The summed E-state index contributed by atoms with van der Waals surface area (Å²) < 4.78 is 53.5. The van der Waals surface area contributed by atoms with Gasteiger partial charge in [-0.2, -0.15) is 0 Å². The highest BCUT2D eigenvalue weighted by Gasteiger charge is 2.29. The minimum Gasteiger partial charge on any atom is -0.484 e. The van der Waals surface area contributed by atoms with Crippen LogP contribution in [0.4, 0.5) is 10.1 Å². The Morgan fingerprint density at radius 1 is 1.21 bits per heavy atom. The van der Waals surface area contributed by atoms with Crippen LogP contribution < -0.4 is 9.46 Å². The van der Waals surface area contributed by atoms with E-state index in [0.29, 0.717) is 16.9 Å². The number of benzene rings is 2. The number of rotatable bonds is 8. The lowest BCUT2D eigenvalue weighted by molar-refractivity contribution is 0.0692. The van der Waals surface area contributed by atoms with Crippen LogP contribution in [0.5, 0.6) is 5.75 Å². The van der Waals surface area contributed by atoms with Crippen molar-refractivity contribution in [1.29, 1.82) is 0 Å². The SMILES string of the molecule is CCCC/C=C\c1cc(F)ccc1S(=O)(=O)Nc1ccc2c(c1C(=O)O)OCc1occc1-2. The second-order valence-electron chi connectivity index (χ2n) is 7.55.